The van der Waals surface area contributed by atoms with Gasteiger partial charge in [-0.05, 0) is 44.9 Å². The minimum Gasteiger partial charge on any atom is -0.258 e. The summed E-state index contributed by atoms with van der Waals surface area (Å²) in [5.41, 5.74) is 4.91. The molecule has 1 aromatic heterocycles. The third-order valence-corrected chi connectivity index (χ3v) is 1.90. The Morgan fingerprint density at radius 3 is 1.87 bits per heavy atom. The van der Waals surface area contributed by atoms with Gasteiger partial charge in [-0.2, -0.15) is 14.0 Å². The maximum Gasteiger partial charge on any atom is 0.0777 e. The van der Waals surface area contributed by atoms with Gasteiger partial charge in [-0.25, -0.2) is 0 Å². The van der Waals surface area contributed by atoms with E-state index in [1.165, 1.54) is 11.1 Å². The van der Waals surface area contributed by atoms with Crippen molar-refractivity contribution in [2.24, 2.45) is 0 Å². The van der Waals surface area contributed by atoms with Crippen LogP contribution in [-0.4, -0.2) is 9.64 Å². The van der Waals surface area contributed by atoms with Gasteiger partial charge in [0.1, 0.15) is 0 Å². The monoisotopic (exact) mass is 235 g/mol. The second-order valence-corrected chi connectivity index (χ2v) is 3.98. The van der Waals surface area contributed by atoms with Crippen LogP contribution >= 0.6 is 0 Å². The predicted octanol–water partition coefficient (Wildman–Crippen LogP) is -1.81. The van der Waals surface area contributed by atoms with Crippen molar-refractivity contribution in [3.05, 3.63) is 28.6 Å². The molecule has 0 atom stereocenters. The van der Waals surface area contributed by atoms with Crippen LogP contribution in [0.25, 0.3) is 0 Å². The van der Waals surface area contributed by atoms with Crippen molar-refractivity contribution < 1.29 is 28.9 Å². The van der Waals surface area contributed by atoms with Crippen molar-refractivity contribution >= 4 is 0 Å². The van der Waals surface area contributed by atoms with Gasteiger partial charge in [0.15, 0.2) is 0 Å². The summed E-state index contributed by atoms with van der Waals surface area (Å²) in [4.78, 5) is 4.33. The fraction of sp³-hybridized carbons (Fsp3) is 0.444. The standard InChI is InChI=1S/C9H13N.ClHO4/c1-6-5-7(2)10-9(4)8(6)3;2-1(3,4)5/h5H,1-4H3;(H,2,3,4,5). The summed E-state index contributed by atoms with van der Waals surface area (Å²) in [6.45, 7) is 8.31. The molecule has 15 heavy (non-hydrogen) atoms. The second kappa shape index (κ2) is 5.39. The smallest absolute Gasteiger partial charge is 0.0777 e. The van der Waals surface area contributed by atoms with E-state index in [9.17, 15) is 0 Å². The molecule has 0 spiro atoms. The molecule has 86 valence electrons. The molecule has 1 heterocycles. The first-order chi connectivity index (χ1) is 6.61. The molecule has 0 unspecified atom stereocenters. The molecule has 1 rings (SSSR count). The summed E-state index contributed by atoms with van der Waals surface area (Å²) in [6.07, 6.45) is 0. The highest BCUT2D eigenvalue weighted by Gasteiger charge is 1.99. The van der Waals surface area contributed by atoms with E-state index in [1.54, 1.807) is 0 Å². The van der Waals surface area contributed by atoms with Gasteiger partial charge in [-0.1, -0.05) is 0 Å². The van der Waals surface area contributed by atoms with Gasteiger partial charge >= 0.3 is 0 Å². The molecular weight excluding hydrogens is 222 g/mol. The predicted molar refractivity (Wildman–Crippen MR) is 45.4 cm³/mol. The fourth-order valence-corrected chi connectivity index (χ4v) is 1.09. The molecule has 0 fully saturated rings. The summed E-state index contributed by atoms with van der Waals surface area (Å²) in [7, 11) is -4.69. The Kier molecular flexibility index (Phi) is 5.13. The van der Waals surface area contributed by atoms with Crippen LogP contribution in [-0.2, 0) is 0 Å². The minimum atomic E-state index is -4.69. The van der Waals surface area contributed by atoms with Crippen molar-refractivity contribution in [3.8, 4) is 0 Å². The van der Waals surface area contributed by atoms with Crippen LogP contribution in [0.4, 0.5) is 0 Å². The number of pyridine rings is 1. The average molecular weight is 236 g/mol. The van der Waals surface area contributed by atoms with Gasteiger partial charge in [0.05, 0.1) is 14.9 Å². The first kappa shape index (κ1) is 14.3. The second-order valence-electron chi connectivity index (χ2n) is 3.19. The highest BCUT2D eigenvalue weighted by Crippen LogP contribution is 2.10. The summed E-state index contributed by atoms with van der Waals surface area (Å²) < 4.78 is 32.7. The highest BCUT2D eigenvalue weighted by atomic mass is 35.7. The van der Waals surface area contributed by atoms with Gasteiger partial charge < -0.3 is 0 Å². The zero-order valence-electron chi connectivity index (χ0n) is 9.07. The molecule has 0 saturated heterocycles. The van der Waals surface area contributed by atoms with Crippen LogP contribution < -0.4 is 14.0 Å². The molecule has 1 N–H and O–H groups in total. The maximum absolute atomic E-state index is 8.60. The summed E-state index contributed by atoms with van der Waals surface area (Å²) in [5.74, 6) is 0. The highest BCUT2D eigenvalue weighted by molar-refractivity contribution is 5.29. The lowest BCUT2D eigenvalue weighted by Gasteiger charge is -2.03. The Balaban J connectivity index is 0.000000336. The first-order valence-electron chi connectivity index (χ1n) is 4.16. The van der Waals surface area contributed by atoms with Crippen molar-refractivity contribution in [1.82, 2.24) is 4.98 Å². The van der Waals surface area contributed by atoms with E-state index in [4.69, 9.17) is 18.6 Å². The van der Waals surface area contributed by atoms with Crippen LogP contribution in [0.15, 0.2) is 6.07 Å². The first-order valence-corrected chi connectivity index (χ1v) is 5.42. The average Bonchev–Trinajstić information content (AvgIpc) is 1.96. The van der Waals surface area contributed by atoms with Gasteiger partial charge in [-0.3, -0.25) is 4.98 Å². The molecular formula is C9H14ClNO4. The number of halogens is 1. The molecule has 0 bridgehead atoms. The maximum atomic E-state index is 8.60. The topological polar surface area (TPSA) is 102 Å². The molecule has 0 radical (unpaired) electrons. The van der Waals surface area contributed by atoms with Crippen molar-refractivity contribution in [1.29, 1.82) is 0 Å². The Hall–Kier alpha value is -0.720. The van der Waals surface area contributed by atoms with Crippen molar-refractivity contribution in [3.63, 3.8) is 0 Å². The summed E-state index contributed by atoms with van der Waals surface area (Å²) in [5, 5.41) is 0. The Labute approximate surface area is 90.8 Å². The Morgan fingerprint density at radius 2 is 1.53 bits per heavy atom. The fourth-order valence-electron chi connectivity index (χ4n) is 1.09. The van der Waals surface area contributed by atoms with Crippen LogP contribution in [0.5, 0.6) is 0 Å². The third kappa shape index (κ3) is 7.24. The lowest BCUT2D eigenvalue weighted by atomic mass is 10.1. The van der Waals surface area contributed by atoms with E-state index in [1.807, 2.05) is 6.92 Å². The molecule has 0 aromatic carbocycles. The Morgan fingerprint density at radius 1 is 1.13 bits per heavy atom. The lowest BCUT2D eigenvalue weighted by molar-refractivity contribution is -1.92. The summed E-state index contributed by atoms with van der Waals surface area (Å²) in [6, 6.07) is 2.11. The van der Waals surface area contributed by atoms with Crippen molar-refractivity contribution in [2.45, 2.75) is 27.7 Å². The van der Waals surface area contributed by atoms with E-state index in [-0.39, 0.29) is 0 Å². The zero-order chi connectivity index (χ0) is 12.2. The number of rotatable bonds is 0. The minimum absolute atomic E-state index is 1.11. The molecule has 5 nitrogen and oxygen atoms in total. The number of aryl methyl sites for hydroxylation is 3. The van der Waals surface area contributed by atoms with Crippen LogP contribution in [0.3, 0.4) is 0 Å². The van der Waals surface area contributed by atoms with Gasteiger partial charge in [0.25, 0.3) is 0 Å². The van der Waals surface area contributed by atoms with Crippen LogP contribution in [0.1, 0.15) is 22.5 Å². The third-order valence-electron chi connectivity index (χ3n) is 1.90. The molecule has 0 saturated carbocycles. The van der Waals surface area contributed by atoms with E-state index in [2.05, 4.69) is 31.8 Å². The van der Waals surface area contributed by atoms with Gasteiger partial charge in [0.2, 0.25) is 0 Å². The van der Waals surface area contributed by atoms with E-state index < -0.39 is 10.2 Å². The van der Waals surface area contributed by atoms with E-state index in [0.717, 1.165) is 11.4 Å². The lowest BCUT2D eigenvalue weighted by Crippen LogP contribution is -2.58. The van der Waals surface area contributed by atoms with E-state index >= 15 is 0 Å². The zero-order valence-corrected chi connectivity index (χ0v) is 9.83. The molecule has 1 aromatic rings. The molecule has 0 amide bonds. The Bertz CT molecular complexity index is 306. The number of aromatic nitrogens is 1. The molecule has 0 aliphatic heterocycles. The van der Waals surface area contributed by atoms with Crippen LogP contribution in [0, 0.1) is 37.9 Å². The largest absolute Gasteiger partial charge is 0.258 e. The van der Waals surface area contributed by atoms with Crippen molar-refractivity contribution in [2.75, 3.05) is 0 Å². The molecule has 0 aliphatic rings. The number of hydrogen-bond donors (Lipinski definition) is 1. The summed E-state index contributed by atoms with van der Waals surface area (Å²) >= 11 is 0. The molecule has 6 heteroatoms. The quantitative estimate of drug-likeness (QED) is 0.571. The van der Waals surface area contributed by atoms with Gasteiger partial charge in [0, 0.05) is 11.4 Å². The number of hydrogen-bond acceptors (Lipinski definition) is 5. The normalized spacial score (nSPS) is 10.7. The molecule has 0 aliphatic carbocycles. The van der Waals surface area contributed by atoms with E-state index in [0.29, 0.717) is 0 Å². The van der Waals surface area contributed by atoms with Crippen LogP contribution in [0.2, 0.25) is 0 Å². The van der Waals surface area contributed by atoms with Gasteiger partial charge in [-0.15, -0.1) is 0 Å². The number of nitrogens with zero attached hydrogens (tertiary/aromatic N) is 1. The SMILES string of the molecule is Cc1cc(C)c(C)c(C)n1.[O-][Cl+3]([O-])([O-])O.